The van der Waals surface area contributed by atoms with Gasteiger partial charge in [0.15, 0.2) is 16.7 Å². The van der Waals surface area contributed by atoms with E-state index < -0.39 is 0 Å². The Labute approximate surface area is 151 Å². The third-order valence-electron chi connectivity index (χ3n) is 3.76. The first kappa shape index (κ1) is 17.8. The summed E-state index contributed by atoms with van der Waals surface area (Å²) in [7, 11) is 0. The van der Waals surface area contributed by atoms with Gasteiger partial charge in [0, 0.05) is 13.1 Å². The summed E-state index contributed by atoms with van der Waals surface area (Å²) in [5.41, 5.74) is 0.890. The predicted molar refractivity (Wildman–Crippen MR) is 99.2 cm³/mol. The zero-order valence-corrected chi connectivity index (χ0v) is 15.3. The smallest absolute Gasteiger partial charge is 0.286 e. The van der Waals surface area contributed by atoms with Crippen molar-refractivity contribution in [3.05, 3.63) is 28.7 Å². The molecule has 0 unspecified atom stereocenters. The molecule has 25 heavy (non-hydrogen) atoms. The maximum absolute atomic E-state index is 12.2. The van der Waals surface area contributed by atoms with E-state index in [-0.39, 0.29) is 5.91 Å². The topological polar surface area (TPSA) is 60.4 Å². The number of morpholine rings is 1. The van der Waals surface area contributed by atoms with Crippen molar-refractivity contribution in [1.82, 2.24) is 4.90 Å². The number of carbonyl (C=O) groups excluding carboxylic acids is 1. The number of benzene rings is 1. The highest BCUT2D eigenvalue weighted by Gasteiger charge is 2.27. The van der Waals surface area contributed by atoms with Crippen LogP contribution in [0.5, 0.6) is 11.5 Å². The van der Waals surface area contributed by atoms with Crippen LogP contribution in [-0.4, -0.2) is 55.5 Å². The van der Waals surface area contributed by atoms with E-state index in [2.05, 4.69) is 9.89 Å². The average molecular weight is 362 g/mol. The van der Waals surface area contributed by atoms with Crippen LogP contribution in [0.1, 0.15) is 19.4 Å². The maximum Gasteiger partial charge on any atom is 0.286 e. The second kappa shape index (κ2) is 8.40. The van der Waals surface area contributed by atoms with Crippen molar-refractivity contribution >= 4 is 28.9 Å². The zero-order valence-electron chi connectivity index (χ0n) is 14.5. The minimum absolute atomic E-state index is 0.196. The lowest BCUT2D eigenvalue weighted by atomic mass is 10.2. The molecule has 1 fully saturated rings. The number of amides is 1. The average Bonchev–Trinajstić information content (AvgIpc) is 2.99. The van der Waals surface area contributed by atoms with Crippen LogP contribution in [0.25, 0.3) is 6.08 Å². The Hall–Kier alpha value is -1.99. The van der Waals surface area contributed by atoms with Gasteiger partial charge in [-0.3, -0.25) is 4.79 Å². The Morgan fingerprint density at radius 3 is 2.64 bits per heavy atom. The molecule has 1 aromatic rings. The first-order valence-corrected chi connectivity index (χ1v) is 9.27. The molecule has 0 saturated carbocycles. The number of ether oxygens (including phenoxy) is 3. The predicted octanol–water partition coefficient (Wildman–Crippen LogP) is 2.79. The number of rotatable bonds is 5. The lowest BCUT2D eigenvalue weighted by molar-refractivity contribution is -0.113. The molecule has 7 heteroatoms. The molecule has 1 amide bonds. The summed E-state index contributed by atoms with van der Waals surface area (Å²) in [5.74, 6) is 1.20. The fourth-order valence-electron chi connectivity index (χ4n) is 2.60. The molecule has 0 aliphatic carbocycles. The van der Waals surface area contributed by atoms with E-state index in [1.165, 1.54) is 11.8 Å². The molecule has 0 spiro atoms. The molecule has 0 N–H and O–H groups in total. The van der Waals surface area contributed by atoms with E-state index in [9.17, 15) is 4.79 Å². The molecule has 0 atom stereocenters. The summed E-state index contributed by atoms with van der Waals surface area (Å²) in [5, 5.41) is 0.760. The van der Waals surface area contributed by atoms with E-state index in [4.69, 9.17) is 14.2 Å². The summed E-state index contributed by atoms with van der Waals surface area (Å²) < 4.78 is 16.6. The summed E-state index contributed by atoms with van der Waals surface area (Å²) in [4.78, 5) is 19.1. The molecular formula is C18H22N2O4S. The molecule has 2 aliphatic heterocycles. The molecule has 1 aromatic carbocycles. The fraction of sp³-hybridized carbons (Fsp3) is 0.444. The van der Waals surface area contributed by atoms with E-state index in [0.717, 1.165) is 23.8 Å². The standard InChI is InChI=1S/C18H22N2O4S/c1-3-23-14-6-5-13(11-15(14)24-4-2)12-16-17(21)19-18(25-16)20-7-9-22-10-8-20/h5-6,11-12H,3-4,7-10H2,1-2H3/b16-12+. The zero-order chi connectivity index (χ0) is 17.6. The van der Waals surface area contributed by atoms with Gasteiger partial charge >= 0.3 is 0 Å². The highest BCUT2D eigenvalue weighted by molar-refractivity contribution is 8.18. The van der Waals surface area contributed by atoms with Crippen molar-refractivity contribution in [3.8, 4) is 11.5 Å². The van der Waals surface area contributed by atoms with Gasteiger partial charge in [-0.1, -0.05) is 6.07 Å². The Bertz CT molecular complexity index is 696. The van der Waals surface area contributed by atoms with Crippen molar-refractivity contribution in [1.29, 1.82) is 0 Å². The summed E-state index contributed by atoms with van der Waals surface area (Å²) >= 11 is 1.41. The first-order valence-electron chi connectivity index (χ1n) is 8.46. The molecule has 0 radical (unpaired) electrons. The van der Waals surface area contributed by atoms with Gasteiger partial charge in [-0.2, -0.15) is 4.99 Å². The monoisotopic (exact) mass is 362 g/mol. The summed E-state index contributed by atoms with van der Waals surface area (Å²) in [6.45, 7) is 7.87. The number of hydrogen-bond acceptors (Lipinski definition) is 6. The van der Waals surface area contributed by atoms with Crippen LogP contribution in [0.4, 0.5) is 0 Å². The van der Waals surface area contributed by atoms with Crippen molar-refractivity contribution in [2.75, 3.05) is 39.5 Å². The van der Waals surface area contributed by atoms with E-state index >= 15 is 0 Å². The second-order valence-electron chi connectivity index (χ2n) is 5.48. The van der Waals surface area contributed by atoms with E-state index in [1.54, 1.807) is 0 Å². The van der Waals surface area contributed by atoms with E-state index in [1.807, 2.05) is 38.1 Å². The van der Waals surface area contributed by atoms with Crippen molar-refractivity contribution in [2.24, 2.45) is 4.99 Å². The van der Waals surface area contributed by atoms with Gasteiger partial charge in [0.1, 0.15) is 0 Å². The van der Waals surface area contributed by atoms with Crippen molar-refractivity contribution in [3.63, 3.8) is 0 Å². The quantitative estimate of drug-likeness (QED) is 0.751. The fourth-order valence-corrected chi connectivity index (χ4v) is 3.56. The SMILES string of the molecule is CCOc1ccc(/C=C2/SC(N3CCOCC3)=NC2=O)cc1OCC. The maximum atomic E-state index is 12.2. The van der Waals surface area contributed by atoms with Crippen LogP contribution in [0.15, 0.2) is 28.1 Å². The number of carbonyl (C=O) groups is 1. The van der Waals surface area contributed by atoms with Gasteiger partial charge in [0.05, 0.1) is 31.3 Å². The molecule has 2 heterocycles. The Morgan fingerprint density at radius 2 is 1.92 bits per heavy atom. The van der Waals surface area contributed by atoms with Crippen LogP contribution < -0.4 is 9.47 Å². The van der Waals surface area contributed by atoms with Gasteiger partial charge in [0.25, 0.3) is 5.91 Å². The number of thioether (sulfide) groups is 1. The Balaban J connectivity index is 1.76. The number of nitrogens with zero attached hydrogens (tertiary/aromatic N) is 2. The number of amidine groups is 1. The lowest BCUT2D eigenvalue weighted by Gasteiger charge is -2.27. The minimum atomic E-state index is -0.196. The third kappa shape index (κ3) is 4.35. The van der Waals surface area contributed by atoms with Crippen LogP contribution in [0, 0.1) is 0 Å². The molecule has 6 nitrogen and oxygen atoms in total. The number of aliphatic imine (C=N–C) groups is 1. The van der Waals surface area contributed by atoms with Crippen LogP contribution in [0.2, 0.25) is 0 Å². The van der Waals surface area contributed by atoms with Crippen LogP contribution in [-0.2, 0) is 9.53 Å². The Morgan fingerprint density at radius 1 is 1.20 bits per heavy atom. The minimum Gasteiger partial charge on any atom is -0.490 e. The van der Waals surface area contributed by atoms with Crippen molar-refractivity contribution in [2.45, 2.75) is 13.8 Å². The molecular weight excluding hydrogens is 340 g/mol. The van der Waals surface area contributed by atoms with E-state index in [0.29, 0.717) is 42.8 Å². The summed E-state index contributed by atoms with van der Waals surface area (Å²) in [6, 6.07) is 5.68. The van der Waals surface area contributed by atoms with Crippen LogP contribution in [0.3, 0.4) is 0 Å². The molecule has 0 bridgehead atoms. The van der Waals surface area contributed by atoms with Gasteiger partial charge in [-0.25, -0.2) is 0 Å². The third-order valence-corrected chi connectivity index (χ3v) is 4.80. The summed E-state index contributed by atoms with van der Waals surface area (Å²) in [6.07, 6.45) is 1.85. The van der Waals surface area contributed by atoms with Gasteiger partial charge in [-0.05, 0) is 49.4 Å². The molecule has 0 aromatic heterocycles. The molecule has 2 aliphatic rings. The van der Waals surface area contributed by atoms with Crippen LogP contribution >= 0.6 is 11.8 Å². The normalized spacial score (nSPS) is 19.3. The van der Waals surface area contributed by atoms with Gasteiger partial charge in [0.2, 0.25) is 0 Å². The highest BCUT2D eigenvalue weighted by atomic mass is 32.2. The Kier molecular flexibility index (Phi) is 5.99. The lowest BCUT2D eigenvalue weighted by Crippen LogP contribution is -2.38. The molecule has 3 rings (SSSR count). The largest absolute Gasteiger partial charge is 0.490 e. The van der Waals surface area contributed by atoms with Gasteiger partial charge < -0.3 is 19.1 Å². The molecule has 1 saturated heterocycles. The second-order valence-corrected chi connectivity index (χ2v) is 6.49. The first-order chi connectivity index (χ1) is 12.2. The van der Waals surface area contributed by atoms with Gasteiger partial charge in [-0.15, -0.1) is 0 Å². The van der Waals surface area contributed by atoms with Crippen molar-refractivity contribution < 1.29 is 19.0 Å². The molecule has 134 valence electrons. The number of hydrogen-bond donors (Lipinski definition) is 0. The highest BCUT2D eigenvalue weighted by Crippen LogP contribution is 2.33.